The number of anilines is 1. The molecule has 1 aliphatic rings. The number of nitrogens with zero attached hydrogens (tertiary/aromatic N) is 6. The molecule has 37 heavy (non-hydrogen) atoms. The summed E-state index contributed by atoms with van der Waals surface area (Å²) in [6, 6.07) is 14.3. The third kappa shape index (κ3) is 5.06. The number of nitrogens with one attached hydrogen (secondary N) is 1. The van der Waals surface area contributed by atoms with Crippen LogP contribution in [-0.4, -0.2) is 49.5 Å². The molecule has 0 radical (unpaired) electrons. The molecule has 2 N–H and O–H groups in total. The summed E-state index contributed by atoms with van der Waals surface area (Å²) >= 11 is 0. The number of imidazole rings is 1. The van der Waals surface area contributed by atoms with Crippen LogP contribution in [0.25, 0.3) is 17.0 Å². The number of aryl methyl sites for hydroxylation is 1. The van der Waals surface area contributed by atoms with Crippen molar-refractivity contribution >= 4 is 11.6 Å². The van der Waals surface area contributed by atoms with E-state index in [0.29, 0.717) is 17.2 Å². The van der Waals surface area contributed by atoms with Gasteiger partial charge >= 0.3 is 0 Å². The van der Waals surface area contributed by atoms with Crippen molar-refractivity contribution < 1.29 is 5.11 Å². The average Bonchev–Trinajstić information content (AvgIpc) is 3.37. The molecule has 1 aromatic carbocycles. The Bertz CT molecular complexity index is 1420. The summed E-state index contributed by atoms with van der Waals surface area (Å²) in [6.45, 7) is 6.16. The number of aliphatic hydroxyl groups excluding tert-OH is 1. The molecule has 3 atom stereocenters. The molecular weight excluding hydrogens is 462 g/mol. The lowest BCUT2D eigenvalue weighted by atomic mass is 9.88. The van der Waals surface area contributed by atoms with Crippen molar-refractivity contribution in [3.63, 3.8) is 0 Å². The largest absolute Gasteiger partial charge is 0.388 e. The Labute approximate surface area is 217 Å². The van der Waals surface area contributed by atoms with E-state index in [0.717, 1.165) is 60.4 Å². The first-order chi connectivity index (χ1) is 18.0. The summed E-state index contributed by atoms with van der Waals surface area (Å²) in [4.78, 5) is 16.0. The van der Waals surface area contributed by atoms with Gasteiger partial charge in [0.1, 0.15) is 17.4 Å². The highest BCUT2D eigenvalue weighted by molar-refractivity contribution is 5.68. The standard InChI is InChI=1S/C29H33N7O/c1-4-20-7-6-14-36-25(17-31-28(20)36)26-24(15-30)16-32-29(34-26)33-19(2)21-9-11-22(12-10-21)27(37)23-8-5-13-35(3)18-23/h6-7,9-12,14,16-17,19,23,27,37H,4-5,8,13,18H2,1-3H3,(H,32,33,34)/t19-,23?,27?/m0/s1. The lowest BCUT2D eigenvalue weighted by molar-refractivity contribution is 0.0592. The van der Waals surface area contributed by atoms with Crippen molar-refractivity contribution in [3.8, 4) is 17.5 Å². The van der Waals surface area contributed by atoms with Crippen LogP contribution in [0.2, 0.25) is 0 Å². The van der Waals surface area contributed by atoms with Gasteiger partial charge in [0.2, 0.25) is 5.95 Å². The fourth-order valence-corrected chi connectivity index (χ4v) is 5.24. The first-order valence-electron chi connectivity index (χ1n) is 12.9. The minimum absolute atomic E-state index is 0.0679. The van der Waals surface area contributed by atoms with Gasteiger partial charge in [-0.1, -0.05) is 37.3 Å². The van der Waals surface area contributed by atoms with Crippen LogP contribution < -0.4 is 5.32 Å². The first kappa shape index (κ1) is 24.9. The smallest absolute Gasteiger partial charge is 0.223 e. The van der Waals surface area contributed by atoms with Crippen molar-refractivity contribution in [2.45, 2.75) is 45.3 Å². The number of hydrogen-bond acceptors (Lipinski definition) is 7. The Hall–Kier alpha value is -3.80. The molecule has 2 unspecified atom stereocenters. The molecule has 190 valence electrons. The summed E-state index contributed by atoms with van der Waals surface area (Å²) in [7, 11) is 2.11. The van der Waals surface area contributed by atoms with Crippen LogP contribution in [0, 0.1) is 17.2 Å². The molecule has 5 rings (SSSR count). The molecule has 1 aliphatic heterocycles. The molecule has 0 bridgehead atoms. The van der Waals surface area contributed by atoms with Gasteiger partial charge in [-0.15, -0.1) is 0 Å². The van der Waals surface area contributed by atoms with Crippen molar-refractivity contribution in [3.05, 3.63) is 77.2 Å². The number of hydrogen-bond donors (Lipinski definition) is 2. The van der Waals surface area contributed by atoms with Gasteiger partial charge in [0, 0.05) is 18.7 Å². The summed E-state index contributed by atoms with van der Waals surface area (Å²) in [5, 5.41) is 24.0. The molecule has 0 aliphatic carbocycles. The van der Waals surface area contributed by atoms with Gasteiger partial charge in [0.05, 0.1) is 35.8 Å². The number of rotatable bonds is 7. The predicted molar refractivity (Wildman–Crippen MR) is 144 cm³/mol. The van der Waals surface area contributed by atoms with E-state index in [-0.39, 0.29) is 12.0 Å². The van der Waals surface area contributed by atoms with Gasteiger partial charge in [-0.25, -0.2) is 15.0 Å². The van der Waals surface area contributed by atoms with Crippen LogP contribution in [0.5, 0.6) is 0 Å². The molecule has 8 nitrogen and oxygen atoms in total. The third-order valence-corrected chi connectivity index (χ3v) is 7.38. The Morgan fingerprint density at radius 2 is 1.95 bits per heavy atom. The molecule has 8 heteroatoms. The molecule has 3 aromatic heterocycles. The summed E-state index contributed by atoms with van der Waals surface area (Å²) in [6.07, 6.45) is 7.85. The zero-order chi connectivity index (χ0) is 25.9. The van der Waals surface area contributed by atoms with Crippen LogP contribution >= 0.6 is 0 Å². The topological polar surface area (TPSA) is 102 Å². The lowest BCUT2D eigenvalue weighted by Crippen LogP contribution is -2.35. The van der Waals surface area contributed by atoms with E-state index in [2.05, 4.69) is 46.3 Å². The van der Waals surface area contributed by atoms with E-state index in [9.17, 15) is 10.4 Å². The quantitative estimate of drug-likeness (QED) is 0.381. The minimum Gasteiger partial charge on any atom is -0.388 e. The second-order valence-electron chi connectivity index (χ2n) is 9.93. The zero-order valence-corrected chi connectivity index (χ0v) is 21.6. The SMILES string of the molecule is CCc1cccn2c(-c3nc(N[C@@H](C)c4ccc(C(O)C5CCCN(C)C5)cc4)ncc3C#N)cnc12. The van der Waals surface area contributed by atoms with Gasteiger partial charge in [-0.3, -0.25) is 4.40 Å². The molecular formula is C29H33N7O. The predicted octanol–water partition coefficient (Wildman–Crippen LogP) is 4.77. The molecule has 0 amide bonds. The highest BCUT2D eigenvalue weighted by atomic mass is 16.3. The molecule has 0 spiro atoms. The monoisotopic (exact) mass is 495 g/mol. The number of likely N-dealkylation sites (tertiary alicyclic amines) is 1. The Balaban J connectivity index is 1.36. The third-order valence-electron chi connectivity index (χ3n) is 7.38. The zero-order valence-electron chi connectivity index (χ0n) is 21.6. The number of pyridine rings is 1. The number of fused-ring (bicyclic) bond motifs is 1. The van der Waals surface area contributed by atoms with E-state index >= 15 is 0 Å². The highest BCUT2D eigenvalue weighted by Gasteiger charge is 2.25. The van der Waals surface area contributed by atoms with Crippen molar-refractivity contribution in [2.75, 3.05) is 25.5 Å². The maximum absolute atomic E-state index is 10.9. The minimum atomic E-state index is -0.455. The van der Waals surface area contributed by atoms with Gasteiger partial charge in [0.15, 0.2) is 0 Å². The number of aromatic nitrogens is 4. The van der Waals surface area contributed by atoms with Crippen molar-refractivity contribution in [1.29, 1.82) is 5.26 Å². The number of benzene rings is 1. The fraction of sp³-hybridized carbons (Fsp3) is 0.379. The highest BCUT2D eigenvalue weighted by Crippen LogP contribution is 2.31. The summed E-state index contributed by atoms with van der Waals surface area (Å²) < 4.78 is 1.98. The van der Waals surface area contributed by atoms with Crippen LogP contribution in [0.3, 0.4) is 0 Å². The number of piperidine rings is 1. The molecule has 4 heterocycles. The molecule has 0 saturated carbocycles. The Kier molecular flexibility index (Phi) is 7.17. The van der Waals surface area contributed by atoms with Gasteiger partial charge in [-0.2, -0.15) is 5.26 Å². The van der Waals surface area contributed by atoms with Crippen LogP contribution in [0.1, 0.15) is 61.1 Å². The summed E-state index contributed by atoms with van der Waals surface area (Å²) in [5.41, 5.74) is 5.72. The van der Waals surface area contributed by atoms with Crippen LogP contribution in [0.4, 0.5) is 5.95 Å². The van der Waals surface area contributed by atoms with E-state index in [1.165, 1.54) is 0 Å². The first-order valence-corrected chi connectivity index (χ1v) is 12.9. The van der Waals surface area contributed by atoms with E-state index in [1.807, 2.05) is 47.9 Å². The maximum Gasteiger partial charge on any atom is 0.223 e. The second-order valence-corrected chi connectivity index (χ2v) is 9.93. The van der Waals surface area contributed by atoms with Gasteiger partial charge in [-0.05, 0) is 62.5 Å². The van der Waals surface area contributed by atoms with E-state index < -0.39 is 6.10 Å². The number of aliphatic hydroxyl groups is 1. The Morgan fingerprint density at radius 1 is 1.16 bits per heavy atom. The van der Waals surface area contributed by atoms with Crippen LogP contribution in [0.15, 0.2) is 55.0 Å². The van der Waals surface area contributed by atoms with Crippen molar-refractivity contribution in [2.24, 2.45) is 5.92 Å². The lowest BCUT2D eigenvalue weighted by Gasteiger charge is -2.33. The fourth-order valence-electron chi connectivity index (χ4n) is 5.24. The van der Waals surface area contributed by atoms with Gasteiger partial charge < -0.3 is 15.3 Å². The summed E-state index contributed by atoms with van der Waals surface area (Å²) in [5.74, 6) is 0.705. The maximum atomic E-state index is 10.9. The van der Waals surface area contributed by atoms with E-state index in [1.54, 1.807) is 12.4 Å². The molecule has 4 aromatic rings. The average molecular weight is 496 g/mol. The van der Waals surface area contributed by atoms with Crippen LogP contribution in [-0.2, 0) is 6.42 Å². The Morgan fingerprint density at radius 3 is 2.68 bits per heavy atom. The molecule has 1 saturated heterocycles. The van der Waals surface area contributed by atoms with Crippen molar-refractivity contribution in [1.82, 2.24) is 24.3 Å². The normalized spacial score (nSPS) is 17.9. The number of nitriles is 1. The second kappa shape index (κ2) is 10.7. The van der Waals surface area contributed by atoms with E-state index in [4.69, 9.17) is 4.98 Å². The van der Waals surface area contributed by atoms with Gasteiger partial charge in [0.25, 0.3) is 0 Å². The molecule has 1 fully saturated rings.